The predicted molar refractivity (Wildman–Crippen MR) is 54.2 cm³/mol. The predicted octanol–water partition coefficient (Wildman–Crippen LogP) is 1.08. The van der Waals surface area contributed by atoms with Crippen molar-refractivity contribution in [2.75, 3.05) is 0 Å². The molecular formula is C10H10N4O. The quantitative estimate of drug-likeness (QED) is 0.683. The summed E-state index contributed by atoms with van der Waals surface area (Å²) >= 11 is 0. The molecule has 0 radical (unpaired) electrons. The van der Waals surface area contributed by atoms with E-state index in [2.05, 4.69) is 15.4 Å². The molecule has 0 atom stereocenters. The number of rotatable bonds is 2. The Kier molecular flexibility index (Phi) is 2.29. The lowest BCUT2D eigenvalue weighted by Crippen LogP contribution is -1.97. The Morgan fingerprint density at radius 3 is 2.67 bits per heavy atom. The fourth-order valence-electron chi connectivity index (χ4n) is 1.38. The zero-order chi connectivity index (χ0) is 10.8. The van der Waals surface area contributed by atoms with E-state index in [1.54, 1.807) is 13.1 Å². The molecule has 1 aromatic carbocycles. The minimum atomic E-state index is -0.00180. The van der Waals surface area contributed by atoms with Crippen molar-refractivity contribution in [1.82, 2.24) is 20.2 Å². The van der Waals surface area contributed by atoms with Gasteiger partial charge in [0.1, 0.15) is 0 Å². The van der Waals surface area contributed by atoms with Crippen molar-refractivity contribution in [1.29, 1.82) is 0 Å². The molecule has 0 saturated carbocycles. The van der Waals surface area contributed by atoms with Crippen LogP contribution in [0.5, 0.6) is 0 Å². The summed E-state index contributed by atoms with van der Waals surface area (Å²) in [7, 11) is 1.69. The van der Waals surface area contributed by atoms with Gasteiger partial charge in [-0.05, 0) is 12.1 Å². The molecule has 0 aliphatic heterocycles. The Morgan fingerprint density at radius 2 is 2.07 bits per heavy atom. The second-order valence-electron chi connectivity index (χ2n) is 3.20. The van der Waals surface area contributed by atoms with Crippen molar-refractivity contribution in [2.24, 2.45) is 7.05 Å². The highest BCUT2D eigenvalue weighted by Gasteiger charge is 2.11. The van der Waals surface area contributed by atoms with Crippen molar-refractivity contribution >= 4 is 5.78 Å². The first kappa shape index (κ1) is 9.51. The molecule has 15 heavy (non-hydrogen) atoms. The summed E-state index contributed by atoms with van der Waals surface area (Å²) in [5.41, 5.74) is 1.34. The van der Waals surface area contributed by atoms with Crippen LogP contribution < -0.4 is 0 Å². The van der Waals surface area contributed by atoms with Gasteiger partial charge in [-0.15, -0.1) is 10.2 Å². The van der Waals surface area contributed by atoms with Crippen LogP contribution >= 0.6 is 0 Å². The maximum Gasteiger partial charge on any atom is 0.205 e. The van der Waals surface area contributed by atoms with E-state index in [1.165, 1.54) is 11.7 Å². The molecule has 2 aromatic rings. The third kappa shape index (κ3) is 1.76. The molecule has 0 bridgehead atoms. The molecule has 1 heterocycles. The zero-order valence-corrected chi connectivity index (χ0v) is 8.51. The third-order valence-corrected chi connectivity index (χ3v) is 2.06. The average Bonchev–Trinajstić information content (AvgIpc) is 2.65. The smallest absolute Gasteiger partial charge is 0.205 e. The Labute approximate surface area is 86.7 Å². The van der Waals surface area contributed by atoms with Crippen molar-refractivity contribution < 1.29 is 4.79 Å². The highest BCUT2D eigenvalue weighted by molar-refractivity contribution is 5.99. The van der Waals surface area contributed by atoms with Gasteiger partial charge in [-0.3, -0.25) is 4.79 Å². The number of hydrogen-bond acceptors (Lipinski definition) is 4. The summed E-state index contributed by atoms with van der Waals surface area (Å²) < 4.78 is 0. The number of aromatic nitrogens is 4. The molecule has 2 rings (SSSR count). The van der Waals surface area contributed by atoms with Gasteiger partial charge in [0.05, 0.1) is 7.05 Å². The van der Waals surface area contributed by atoms with Crippen LogP contribution in [0.4, 0.5) is 0 Å². The second-order valence-corrected chi connectivity index (χ2v) is 3.20. The summed E-state index contributed by atoms with van der Waals surface area (Å²) in [4.78, 5) is 12.7. The van der Waals surface area contributed by atoms with Gasteiger partial charge in [0.25, 0.3) is 0 Å². The van der Waals surface area contributed by atoms with Crippen molar-refractivity contribution in [3.05, 3.63) is 29.8 Å². The number of tetrazole rings is 1. The molecule has 0 saturated heterocycles. The molecule has 0 spiro atoms. The van der Waals surface area contributed by atoms with Crippen LogP contribution in [0.3, 0.4) is 0 Å². The maximum absolute atomic E-state index is 11.4. The van der Waals surface area contributed by atoms with Crippen LogP contribution in [-0.4, -0.2) is 26.0 Å². The monoisotopic (exact) mass is 202 g/mol. The van der Waals surface area contributed by atoms with Crippen LogP contribution in [0.1, 0.15) is 17.3 Å². The highest BCUT2D eigenvalue weighted by atomic mass is 16.1. The summed E-state index contributed by atoms with van der Waals surface area (Å²) in [5, 5.41) is 11.7. The summed E-state index contributed by atoms with van der Waals surface area (Å²) in [6, 6.07) is 7.23. The lowest BCUT2D eigenvalue weighted by molar-refractivity contribution is 0.101. The number of carbonyl (C=O) groups is 1. The maximum atomic E-state index is 11.4. The van der Waals surface area contributed by atoms with Gasteiger partial charge in [-0.1, -0.05) is 24.3 Å². The summed E-state index contributed by atoms with van der Waals surface area (Å²) in [6.07, 6.45) is 0. The number of carbonyl (C=O) groups excluding carboxylic acids is 1. The zero-order valence-electron chi connectivity index (χ0n) is 8.51. The number of benzene rings is 1. The van der Waals surface area contributed by atoms with Crippen molar-refractivity contribution in [2.45, 2.75) is 6.92 Å². The summed E-state index contributed by atoms with van der Waals surface area (Å²) in [6.45, 7) is 1.52. The molecule has 0 aliphatic rings. The second kappa shape index (κ2) is 3.61. The third-order valence-electron chi connectivity index (χ3n) is 2.06. The van der Waals surface area contributed by atoms with Crippen LogP contribution in [0.15, 0.2) is 24.3 Å². The molecular weight excluding hydrogens is 192 g/mol. The Balaban J connectivity index is 2.57. The SMILES string of the molecule is CC(=O)c1ccccc1-c1nnn(C)n1. The number of Topliss-reactive ketones (excluding diaryl/α,β-unsaturated/α-hetero) is 1. The molecule has 0 aliphatic carbocycles. The van der Waals surface area contributed by atoms with Crippen LogP contribution in [0.2, 0.25) is 0 Å². The lowest BCUT2D eigenvalue weighted by Gasteiger charge is -2.00. The first-order chi connectivity index (χ1) is 7.18. The molecule has 5 heteroatoms. The first-order valence-corrected chi connectivity index (χ1v) is 4.53. The van der Waals surface area contributed by atoms with Crippen LogP contribution in [-0.2, 0) is 7.05 Å². The van der Waals surface area contributed by atoms with Gasteiger partial charge >= 0.3 is 0 Å². The molecule has 5 nitrogen and oxygen atoms in total. The van der Waals surface area contributed by atoms with Gasteiger partial charge in [-0.2, -0.15) is 4.80 Å². The molecule has 0 unspecified atom stereocenters. The van der Waals surface area contributed by atoms with E-state index < -0.39 is 0 Å². The molecule has 76 valence electrons. The fourth-order valence-corrected chi connectivity index (χ4v) is 1.38. The van der Waals surface area contributed by atoms with Crippen LogP contribution in [0.25, 0.3) is 11.4 Å². The van der Waals surface area contributed by atoms with Crippen LogP contribution in [0, 0.1) is 0 Å². The molecule has 0 fully saturated rings. The Hall–Kier alpha value is -2.04. The van der Waals surface area contributed by atoms with Crippen molar-refractivity contribution in [3.8, 4) is 11.4 Å². The Bertz CT molecular complexity index is 504. The fraction of sp³-hybridized carbons (Fsp3) is 0.200. The Morgan fingerprint density at radius 1 is 1.33 bits per heavy atom. The van der Waals surface area contributed by atoms with E-state index in [1.807, 2.05) is 18.2 Å². The normalized spacial score (nSPS) is 10.3. The molecule has 1 aromatic heterocycles. The number of hydrogen-bond donors (Lipinski definition) is 0. The van der Waals surface area contributed by atoms with E-state index in [9.17, 15) is 4.79 Å². The van der Waals surface area contributed by atoms with Gasteiger partial charge in [0.15, 0.2) is 5.78 Å². The van der Waals surface area contributed by atoms with Gasteiger partial charge < -0.3 is 0 Å². The van der Waals surface area contributed by atoms with Crippen molar-refractivity contribution in [3.63, 3.8) is 0 Å². The number of nitrogens with zero attached hydrogens (tertiary/aromatic N) is 4. The van der Waals surface area contributed by atoms with E-state index >= 15 is 0 Å². The van der Waals surface area contributed by atoms with E-state index in [0.717, 1.165) is 5.56 Å². The van der Waals surface area contributed by atoms with E-state index in [4.69, 9.17) is 0 Å². The molecule has 0 N–H and O–H groups in total. The van der Waals surface area contributed by atoms with Gasteiger partial charge in [0, 0.05) is 11.1 Å². The topological polar surface area (TPSA) is 60.7 Å². The van der Waals surface area contributed by atoms with E-state index in [-0.39, 0.29) is 5.78 Å². The minimum Gasteiger partial charge on any atom is -0.294 e. The standard InChI is InChI=1S/C10H10N4O/c1-7(15)8-5-3-4-6-9(8)10-11-13-14(2)12-10/h3-6H,1-2H3. The average molecular weight is 202 g/mol. The lowest BCUT2D eigenvalue weighted by atomic mass is 10.0. The highest BCUT2D eigenvalue weighted by Crippen LogP contribution is 2.19. The summed E-state index contributed by atoms with van der Waals surface area (Å²) in [5.74, 6) is 0.473. The number of aryl methyl sites for hydroxylation is 1. The largest absolute Gasteiger partial charge is 0.294 e. The van der Waals surface area contributed by atoms with Gasteiger partial charge in [0.2, 0.25) is 5.82 Å². The van der Waals surface area contributed by atoms with Gasteiger partial charge in [-0.25, -0.2) is 0 Å². The minimum absolute atomic E-state index is 0.00180. The van der Waals surface area contributed by atoms with E-state index in [0.29, 0.717) is 11.4 Å². The molecule has 0 amide bonds. The number of ketones is 1. The first-order valence-electron chi connectivity index (χ1n) is 4.53.